The first kappa shape index (κ1) is 14.6. The van der Waals surface area contributed by atoms with E-state index in [9.17, 15) is 4.79 Å². The van der Waals surface area contributed by atoms with E-state index in [4.69, 9.17) is 5.73 Å². The van der Waals surface area contributed by atoms with Gasteiger partial charge in [-0.2, -0.15) is 0 Å². The number of ether oxygens (including phenoxy) is 1. The first-order valence-corrected chi connectivity index (χ1v) is 7.35. The van der Waals surface area contributed by atoms with Crippen LogP contribution >= 0.6 is 11.3 Å². The number of nitrogen functional groups attached to an aromatic ring is 1. The van der Waals surface area contributed by atoms with Crippen molar-refractivity contribution in [3.8, 4) is 11.3 Å². The minimum absolute atomic E-state index is 0.167. The smallest absolute Gasteiger partial charge is 0.305 e. The topological polar surface area (TPSA) is 70.1 Å². The van der Waals surface area contributed by atoms with Crippen LogP contribution in [-0.2, 0) is 16.1 Å². The van der Waals surface area contributed by atoms with E-state index in [0.29, 0.717) is 11.6 Å². The molecule has 5 nitrogen and oxygen atoms in total. The number of aryl methyl sites for hydroxylation is 1. The molecule has 2 heterocycles. The molecular formula is C14H19N3O2S. The minimum atomic E-state index is -0.167. The Morgan fingerprint density at radius 3 is 2.85 bits per heavy atom. The first-order chi connectivity index (χ1) is 9.52. The number of rotatable bonds is 5. The minimum Gasteiger partial charge on any atom is -0.469 e. The van der Waals surface area contributed by atoms with Crippen molar-refractivity contribution in [3.63, 3.8) is 0 Å². The number of carbonyl (C=O) groups excluding carboxylic acids is 1. The van der Waals surface area contributed by atoms with Gasteiger partial charge in [0.25, 0.3) is 0 Å². The monoisotopic (exact) mass is 293 g/mol. The normalized spacial score (nSPS) is 10.8. The van der Waals surface area contributed by atoms with Crippen LogP contribution in [0.3, 0.4) is 0 Å². The number of esters is 1. The zero-order valence-electron chi connectivity index (χ0n) is 12.0. The van der Waals surface area contributed by atoms with Crippen LogP contribution < -0.4 is 5.73 Å². The lowest BCUT2D eigenvalue weighted by Gasteiger charge is -2.09. The number of thiazole rings is 1. The summed E-state index contributed by atoms with van der Waals surface area (Å²) >= 11 is 1.44. The third-order valence-electron chi connectivity index (χ3n) is 3.36. The summed E-state index contributed by atoms with van der Waals surface area (Å²) in [7, 11) is 1.42. The van der Waals surface area contributed by atoms with Crippen molar-refractivity contribution in [2.75, 3.05) is 12.8 Å². The third kappa shape index (κ3) is 3.01. The molecule has 0 saturated carbocycles. The van der Waals surface area contributed by atoms with Crippen molar-refractivity contribution in [3.05, 3.63) is 22.8 Å². The molecule has 108 valence electrons. The molecule has 0 aliphatic rings. The molecule has 0 radical (unpaired) electrons. The van der Waals surface area contributed by atoms with Crippen molar-refractivity contribution in [1.29, 1.82) is 0 Å². The summed E-state index contributed by atoms with van der Waals surface area (Å²) in [5.74, 6) is -0.167. The maximum Gasteiger partial charge on any atom is 0.305 e. The van der Waals surface area contributed by atoms with Crippen LogP contribution in [0, 0.1) is 13.8 Å². The van der Waals surface area contributed by atoms with Crippen LogP contribution in [0.5, 0.6) is 0 Å². The van der Waals surface area contributed by atoms with E-state index >= 15 is 0 Å². The number of hydrogen-bond donors (Lipinski definition) is 1. The fraction of sp³-hybridized carbons (Fsp3) is 0.429. The Morgan fingerprint density at radius 1 is 1.50 bits per heavy atom. The summed E-state index contributed by atoms with van der Waals surface area (Å²) in [5.41, 5.74) is 10.0. The summed E-state index contributed by atoms with van der Waals surface area (Å²) in [4.78, 5) is 15.5. The first-order valence-electron chi connectivity index (χ1n) is 6.48. The molecule has 2 aromatic rings. The van der Waals surface area contributed by atoms with Gasteiger partial charge >= 0.3 is 5.97 Å². The van der Waals surface area contributed by atoms with E-state index in [0.717, 1.165) is 35.6 Å². The van der Waals surface area contributed by atoms with Crippen LogP contribution in [0.1, 0.15) is 24.2 Å². The summed E-state index contributed by atoms with van der Waals surface area (Å²) in [6.45, 7) is 4.92. The van der Waals surface area contributed by atoms with Crippen molar-refractivity contribution in [2.24, 2.45) is 0 Å². The van der Waals surface area contributed by atoms with Gasteiger partial charge in [0, 0.05) is 35.3 Å². The Kier molecular flexibility index (Phi) is 4.44. The van der Waals surface area contributed by atoms with Gasteiger partial charge in [-0.1, -0.05) is 0 Å². The Balaban J connectivity index is 2.15. The predicted octanol–water partition coefficient (Wildman–Crippen LogP) is 2.76. The Bertz CT molecular complexity index is 616. The number of carbonyl (C=O) groups is 1. The molecule has 0 bridgehead atoms. The number of aromatic nitrogens is 2. The van der Waals surface area contributed by atoms with E-state index in [1.807, 2.05) is 5.38 Å². The largest absolute Gasteiger partial charge is 0.469 e. The van der Waals surface area contributed by atoms with Gasteiger partial charge in [0.15, 0.2) is 5.13 Å². The van der Waals surface area contributed by atoms with Gasteiger partial charge < -0.3 is 15.0 Å². The molecule has 2 aromatic heterocycles. The molecule has 0 aromatic carbocycles. The predicted molar refractivity (Wildman–Crippen MR) is 80.7 cm³/mol. The standard InChI is InChI=1S/C14H19N3O2S/c1-9-7-11(12-8-20-14(15)16-12)10(2)17(9)6-4-5-13(18)19-3/h7-8H,4-6H2,1-3H3,(H2,15,16). The molecule has 2 rings (SSSR count). The average Bonchev–Trinajstić information content (AvgIpc) is 2.96. The molecule has 0 fully saturated rings. The Morgan fingerprint density at radius 2 is 2.25 bits per heavy atom. The molecule has 0 spiro atoms. The molecule has 6 heteroatoms. The quantitative estimate of drug-likeness (QED) is 0.861. The lowest BCUT2D eigenvalue weighted by molar-refractivity contribution is -0.140. The van der Waals surface area contributed by atoms with Gasteiger partial charge in [-0.3, -0.25) is 4.79 Å². The molecule has 0 saturated heterocycles. The summed E-state index contributed by atoms with van der Waals surface area (Å²) in [6.07, 6.45) is 1.20. The molecule has 0 aliphatic carbocycles. The van der Waals surface area contributed by atoms with E-state index in [1.165, 1.54) is 18.4 Å². The van der Waals surface area contributed by atoms with E-state index in [1.54, 1.807) is 0 Å². The van der Waals surface area contributed by atoms with Crippen molar-refractivity contribution >= 4 is 22.4 Å². The van der Waals surface area contributed by atoms with Gasteiger partial charge in [0.2, 0.25) is 0 Å². The van der Waals surface area contributed by atoms with Gasteiger partial charge in [-0.05, 0) is 26.3 Å². The molecule has 0 atom stereocenters. The number of hydrogen-bond acceptors (Lipinski definition) is 5. The van der Waals surface area contributed by atoms with E-state index < -0.39 is 0 Å². The average molecular weight is 293 g/mol. The molecule has 0 amide bonds. The second kappa shape index (κ2) is 6.09. The van der Waals surface area contributed by atoms with Gasteiger partial charge in [-0.15, -0.1) is 11.3 Å². The fourth-order valence-corrected chi connectivity index (χ4v) is 2.86. The van der Waals surface area contributed by atoms with Crippen molar-refractivity contribution < 1.29 is 9.53 Å². The second-order valence-electron chi connectivity index (χ2n) is 4.69. The SMILES string of the molecule is COC(=O)CCCn1c(C)cc(-c2csc(N)n2)c1C. The number of methoxy groups -OCH3 is 1. The second-order valence-corrected chi connectivity index (χ2v) is 5.58. The maximum atomic E-state index is 11.1. The Hall–Kier alpha value is -1.82. The molecule has 0 aliphatic heterocycles. The van der Waals surface area contributed by atoms with Crippen LogP contribution in [0.25, 0.3) is 11.3 Å². The van der Waals surface area contributed by atoms with Crippen LogP contribution in [0.4, 0.5) is 5.13 Å². The summed E-state index contributed by atoms with van der Waals surface area (Å²) in [5, 5.41) is 2.55. The van der Waals surface area contributed by atoms with Crippen LogP contribution in [0.15, 0.2) is 11.4 Å². The zero-order chi connectivity index (χ0) is 14.7. The van der Waals surface area contributed by atoms with Gasteiger partial charge in [-0.25, -0.2) is 4.98 Å². The molecule has 20 heavy (non-hydrogen) atoms. The number of nitrogens with two attached hydrogens (primary N) is 1. The van der Waals surface area contributed by atoms with Crippen molar-refractivity contribution in [2.45, 2.75) is 33.2 Å². The van der Waals surface area contributed by atoms with Gasteiger partial charge in [0.1, 0.15) is 0 Å². The fourth-order valence-electron chi connectivity index (χ4n) is 2.30. The highest BCUT2D eigenvalue weighted by atomic mass is 32.1. The highest BCUT2D eigenvalue weighted by Gasteiger charge is 2.13. The molecular weight excluding hydrogens is 274 g/mol. The maximum absolute atomic E-state index is 11.1. The lowest BCUT2D eigenvalue weighted by Crippen LogP contribution is -2.06. The van der Waals surface area contributed by atoms with Crippen molar-refractivity contribution in [1.82, 2.24) is 9.55 Å². The van der Waals surface area contributed by atoms with Crippen LogP contribution in [-0.4, -0.2) is 22.6 Å². The van der Waals surface area contributed by atoms with E-state index in [2.05, 4.69) is 34.2 Å². The highest BCUT2D eigenvalue weighted by molar-refractivity contribution is 7.13. The van der Waals surface area contributed by atoms with E-state index in [-0.39, 0.29) is 5.97 Å². The van der Waals surface area contributed by atoms with Crippen LogP contribution in [0.2, 0.25) is 0 Å². The summed E-state index contributed by atoms with van der Waals surface area (Å²) in [6, 6.07) is 2.11. The molecule has 0 unspecified atom stereocenters. The molecule has 2 N–H and O–H groups in total. The zero-order valence-corrected chi connectivity index (χ0v) is 12.8. The Labute approximate surface area is 122 Å². The lowest BCUT2D eigenvalue weighted by atomic mass is 10.2. The van der Waals surface area contributed by atoms with Gasteiger partial charge in [0.05, 0.1) is 12.8 Å². The third-order valence-corrected chi connectivity index (χ3v) is 4.04. The number of nitrogens with zero attached hydrogens (tertiary/aromatic N) is 2. The highest BCUT2D eigenvalue weighted by Crippen LogP contribution is 2.29. The number of anilines is 1. The summed E-state index contributed by atoms with van der Waals surface area (Å²) < 4.78 is 6.86.